The maximum absolute atomic E-state index is 5.90. The van der Waals surface area contributed by atoms with E-state index in [4.69, 9.17) is 4.74 Å². The van der Waals surface area contributed by atoms with Gasteiger partial charge in [0.1, 0.15) is 24.1 Å². The van der Waals surface area contributed by atoms with Gasteiger partial charge in [0.05, 0.1) is 11.6 Å². The van der Waals surface area contributed by atoms with Gasteiger partial charge < -0.3 is 14.6 Å². The van der Waals surface area contributed by atoms with Crippen LogP contribution in [0.3, 0.4) is 0 Å². The Labute approximate surface area is 133 Å². The molecule has 23 heavy (non-hydrogen) atoms. The number of anilines is 1. The van der Waals surface area contributed by atoms with Gasteiger partial charge in [0, 0.05) is 45.6 Å². The summed E-state index contributed by atoms with van der Waals surface area (Å²) in [6, 6.07) is 0. The SMILES string of the molecule is Cn1ccnc1[C@@H]1OCC[C@H]1CNc1ncnc2c1cnn2C. The standard InChI is InChI=1S/C15H19N7O/c1-21-5-4-16-15(21)12-10(3-6-23-12)7-17-13-11-8-20-22(2)14(11)19-9-18-13/h4-5,8-10,12H,3,6-7H2,1-2H3,(H,17,18,19)/t10-,12+/m0/s1. The van der Waals surface area contributed by atoms with E-state index in [0.717, 1.165) is 42.2 Å². The first-order valence-corrected chi connectivity index (χ1v) is 7.69. The summed E-state index contributed by atoms with van der Waals surface area (Å²) in [5.74, 6) is 2.15. The third-order valence-electron chi connectivity index (χ3n) is 4.39. The lowest BCUT2D eigenvalue weighted by Crippen LogP contribution is -2.20. The van der Waals surface area contributed by atoms with E-state index in [1.807, 2.05) is 31.1 Å². The molecule has 4 heterocycles. The van der Waals surface area contributed by atoms with Gasteiger partial charge in [-0.25, -0.2) is 15.0 Å². The van der Waals surface area contributed by atoms with E-state index in [2.05, 4.69) is 25.4 Å². The number of nitrogens with one attached hydrogen (secondary N) is 1. The van der Waals surface area contributed by atoms with Crippen molar-refractivity contribution >= 4 is 16.9 Å². The normalized spacial score (nSPS) is 21.1. The number of nitrogens with zero attached hydrogens (tertiary/aromatic N) is 6. The number of rotatable bonds is 4. The van der Waals surface area contributed by atoms with Crippen LogP contribution in [0.4, 0.5) is 5.82 Å². The van der Waals surface area contributed by atoms with E-state index in [9.17, 15) is 0 Å². The van der Waals surface area contributed by atoms with Crippen LogP contribution in [0.2, 0.25) is 0 Å². The molecule has 2 atom stereocenters. The second kappa shape index (κ2) is 5.62. The maximum Gasteiger partial charge on any atom is 0.163 e. The fourth-order valence-electron chi connectivity index (χ4n) is 3.11. The second-order valence-corrected chi connectivity index (χ2v) is 5.85. The van der Waals surface area contributed by atoms with Crippen LogP contribution in [0, 0.1) is 5.92 Å². The molecular formula is C15H19N7O. The lowest BCUT2D eigenvalue weighted by atomic mass is 10.0. The highest BCUT2D eigenvalue weighted by Gasteiger charge is 2.32. The molecule has 0 aliphatic carbocycles. The molecule has 1 N–H and O–H groups in total. The van der Waals surface area contributed by atoms with E-state index in [1.165, 1.54) is 0 Å². The van der Waals surface area contributed by atoms with Crippen LogP contribution in [0.25, 0.3) is 11.0 Å². The largest absolute Gasteiger partial charge is 0.370 e. The fourth-order valence-corrected chi connectivity index (χ4v) is 3.11. The lowest BCUT2D eigenvalue weighted by Gasteiger charge is -2.19. The smallest absolute Gasteiger partial charge is 0.163 e. The van der Waals surface area contributed by atoms with Crippen molar-refractivity contribution in [2.75, 3.05) is 18.5 Å². The Morgan fingerprint density at radius 1 is 1.30 bits per heavy atom. The van der Waals surface area contributed by atoms with Crippen molar-refractivity contribution < 1.29 is 4.74 Å². The Morgan fingerprint density at radius 3 is 3.04 bits per heavy atom. The molecule has 8 heteroatoms. The van der Waals surface area contributed by atoms with Crippen LogP contribution >= 0.6 is 0 Å². The van der Waals surface area contributed by atoms with Gasteiger partial charge in [-0.15, -0.1) is 0 Å². The van der Waals surface area contributed by atoms with Gasteiger partial charge in [0.25, 0.3) is 0 Å². The second-order valence-electron chi connectivity index (χ2n) is 5.85. The van der Waals surface area contributed by atoms with Gasteiger partial charge in [0.2, 0.25) is 0 Å². The van der Waals surface area contributed by atoms with Crippen molar-refractivity contribution in [2.45, 2.75) is 12.5 Å². The molecule has 4 rings (SSSR count). The Kier molecular flexibility index (Phi) is 3.45. The molecule has 0 bridgehead atoms. The average Bonchev–Trinajstić information content (AvgIpc) is 3.26. The number of imidazole rings is 1. The Morgan fingerprint density at radius 2 is 2.22 bits per heavy atom. The number of fused-ring (bicyclic) bond motifs is 1. The maximum atomic E-state index is 5.90. The molecule has 8 nitrogen and oxygen atoms in total. The van der Waals surface area contributed by atoms with Gasteiger partial charge in [-0.3, -0.25) is 4.68 Å². The number of aryl methyl sites for hydroxylation is 2. The van der Waals surface area contributed by atoms with Gasteiger partial charge in [-0.2, -0.15) is 5.10 Å². The Balaban J connectivity index is 1.53. The monoisotopic (exact) mass is 313 g/mol. The molecule has 0 aromatic carbocycles. The molecule has 0 amide bonds. The summed E-state index contributed by atoms with van der Waals surface area (Å²) in [6.07, 6.45) is 8.14. The minimum Gasteiger partial charge on any atom is -0.370 e. The molecule has 1 aliphatic rings. The molecule has 3 aromatic rings. The van der Waals surface area contributed by atoms with Crippen molar-refractivity contribution in [3.8, 4) is 0 Å². The average molecular weight is 313 g/mol. The first kappa shape index (κ1) is 14.1. The molecule has 1 aliphatic heterocycles. The highest BCUT2D eigenvalue weighted by atomic mass is 16.5. The molecule has 0 saturated carbocycles. The van der Waals surface area contributed by atoms with E-state index in [-0.39, 0.29) is 6.10 Å². The van der Waals surface area contributed by atoms with Crippen molar-refractivity contribution in [3.05, 3.63) is 30.7 Å². The highest BCUT2D eigenvalue weighted by molar-refractivity contribution is 5.85. The summed E-state index contributed by atoms with van der Waals surface area (Å²) in [5, 5.41) is 8.61. The lowest BCUT2D eigenvalue weighted by molar-refractivity contribution is 0.0839. The summed E-state index contributed by atoms with van der Waals surface area (Å²) in [5.41, 5.74) is 0.825. The summed E-state index contributed by atoms with van der Waals surface area (Å²) < 4.78 is 9.67. The minimum atomic E-state index is 0.0220. The first-order valence-electron chi connectivity index (χ1n) is 7.69. The minimum absolute atomic E-state index is 0.0220. The highest BCUT2D eigenvalue weighted by Crippen LogP contribution is 2.33. The molecule has 120 valence electrons. The third kappa shape index (κ3) is 2.44. The summed E-state index contributed by atoms with van der Waals surface area (Å²) in [6.45, 7) is 1.54. The zero-order valence-corrected chi connectivity index (χ0v) is 13.2. The zero-order chi connectivity index (χ0) is 15.8. The van der Waals surface area contributed by atoms with E-state index >= 15 is 0 Å². The van der Waals surface area contributed by atoms with Crippen molar-refractivity contribution in [2.24, 2.45) is 20.0 Å². The summed E-state index contributed by atoms with van der Waals surface area (Å²) in [4.78, 5) is 13.0. The number of hydrogen-bond donors (Lipinski definition) is 1. The van der Waals surface area contributed by atoms with Crippen molar-refractivity contribution in [1.29, 1.82) is 0 Å². The summed E-state index contributed by atoms with van der Waals surface area (Å²) in [7, 11) is 3.87. The van der Waals surface area contributed by atoms with Crippen LogP contribution in [0.1, 0.15) is 18.3 Å². The first-order chi connectivity index (χ1) is 11.2. The van der Waals surface area contributed by atoms with E-state index < -0.39 is 0 Å². The summed E-state index contributed by atoms with van der Waals surface area (Å²) >= 11 is 0. The Hall–Kier alpha value is -2.48. The molecule has 0 unspecified atom stereocenters. The van der Waals surface area contributed by atoms with Gasteiger partial charge in [0.15, 0.2) is 5.65 Å². The molecule has 3 aromatic heterocycles. The topological polar surface area (TPSA) is 82.7 Å². The molecule has 0 radical (unpaired) electrons. The van der Waals surface area contributed by atoms with Gasteiger partial charge in [-0.1, -0.05) is 0 Å². The molecule has 1 saturated heterocycles. The van der Waals surface area contributed by atoms with Gasteiger partial charge >= 0.3 is 0 Å². The Bertz CT molecular complexity index is 824. The predicted octanol–water partition coefficient (Wildman–Crippen LogP) is 1.29. The number of aromatic nitrogens is 6. The molecule has 0 spiro atoms. The van der Waals surface area contributed by atoms with Crippen LogP contribution in [-0.2, 0) is 18.8 Å². The third-order valence-corrected chi connectivity index (χ3v) is 4.39. The van der Waals surface area contributed by atoms with Crippen molar-refractivity contribution in [1.82, 2.24) is 29.3 Å². The quantitative estimate of drug-likeness (QED) is 0.781. The predicted molar refractivity (Wildman–Crippen MR) is 84.8 cm³/mol. The van der Waals surface area contributed by atoms with Crippen LogP contribution in [0.5, 0.6) is 0 Å². The van der Waals surface area contributed by atoms with Crippen molar-refractivity contribution in [3.63, 3.8) is 0 Å². The van der Waals surface area contributed by atoms with Crippen LogP contribution in [0.15, 0.2) is 24.9 Å². The zero-order valence-electron chi connectivity index (χ0n) is 13.2. The van der Waals surface area contributed by atoms with E-state index in [0.29, 0.717) is 5.92 Å². The van der Waals surface area contributed by atoms with Gasteiger partial charge in [-0.05, 0) is 6.42 Å². The molecular weight excluding hydrogens is 294 g/mol. The fraction of sp³-hybridized carbons (Fsp3) is 0.467. The van der Waals surface area contributed by atoms with Crippen LogP contribution in [-0.4, -0.2) is 42.5 Å². The van der Waals surface area contributed by atoms with E-state index in [1.54, 1.807) is 17.2 Å². The number of hydrogen-bond acceptors (Lipinski definition) is 6. The molecule has 1 fully saturated rings. The van der Waals surface area contributed by atoms with Crippen LogP contribution < -0.4 is 5.32 Å². The number of ether oxygens (including phenoxy) is 1.